The number of piperidine rings is 1. The van der Waals surface area contributed by atoms with Crippen LogP contribution in [0.25, 0.3) is 0 Å². The van der Waals surface area contributed by atoms with Crippen molar-refractivity contribution < 1.29 is 23.9 Å². The lowest BCUT2D eigenvalue weighted by molar-refractivity contribution is -0.141. The van der Waals surface area contributed by atoms with E-state index in [1.807, 2.05) is 6.92 Å². The lowest BCUT2D eigenvalue weighted by Crippen LogP contribution is -2.44. The average Bonchev–Trinajstić information content (AvgIpc) is 2.96. The number of imide groups is 1. The highest BCUT2D eigenvalue weighted by molar-refractivity contribution is 6.22. The number of unbranched alkanes of at least 4 members (excludes halogenated alkanes) is 1. The fourth-order valence-electron chi connectivity index (χ4n) is 3.70. The van der Waals surface area contributed by atoms with Crippen LogP contribution in [0.4, 0.5) is 0 Å². The maximum absolute atomic E-state index is 12.5. The smallest absolute Gasteiger partial charge is 0.338 e. The Labute approximate surface area is 171 Å². The molecule has 1 aromatic rings. The van der Waals surface area contributed by atoms with Crippen LogP contribution in [0.5, 0.6) is 0 Å². The monoisotopic (exact) mass is 400 g/mol. The van der Waals surface area contributed by atoms with Gasteiger partial charge < -0.3 is 9.64 Å². The van der Waals surface area contributed by atoms with E-state index in [1.165, 1.54) is 23.1 Å². The molecular weight excluding hydrogens is 372 g/mol. The maximum atomic E-state index is 12.5. The zero-order valence-electron chi connectivity index (χ0n) is 17.3. The number of likely N-dealkylation sites (tertiary alicyclic amines) is 1. The lowest BCUT2D eigenvalue weighted by Gasteiger charge is -2.31. The molecule has 0 unspecified atom stereocenters. The summed E-state index contributed by atoms with van der Waals surface area (Å²) >= 11 is 0. The molecule has 1 aromatic carbocycles. The van der Waals surface area contributed by atoms with Gasteiger partial charge in [-0.2, -0.15) is 0 Å². The van der Waals surface area contributed by atoms with E-state index in [9.17, 15) is 19.2 Å². The number of benzene rings is 1. The summed E-state index contributed by atoms with van der Waals surface area (Å²) in [5.41, 5.74) is 0.674. The number of esters is 1. The molecule has 0 aromatic heterocycles. The number of hydrogen-bond acceptors (Lipinski definition) is 5. The normalized spacial score (nSPS) is 18.0. The van der Waals surface area contributed by atoms with Crippen LogP contribution in [0.15, 0.2) is 18.2 Å². The molecule has 0 aliphatic carbocycles. The molecule has 1 atom stereocenters. The summed E-state index contributed by atoms with van der Waals surface area (Å²) in [5, 5.41) is 0. The van der Waals surface area contributed by atoms with E-state index in [4.69, 9.17) is 4.74 Å². The molecule has 3 amide bonds. The van der Waals surface area contributed by atoms with Gasteiger partial charge in [0.25, 0.3) is 17.7 Å². The number of ether oxygens (including phenoxy) is 1. The van der Waals surface area contributed by atoms with Gasteiger partial charge in [0.05, 0.1) is 16.7 Å². The van der Waals surface area contributed by atoms with E-state index in [1.54, 1.807) is 11.8 Å². The molecule has 156 valence electrons. The third-order valence-electron chi connectivity index (χ3n) is 5.67. The largest absolute Gasteiger partial charge is 0.449 e. The number of fused-ring (bicyclic) bond motifs is 1. The third kappa shape index (κ3) is 4.33. The highest BCUT2D eigenvalue weighted by Gasteiger charge is 2.36. The summed E-state index contributed by atoms with van der Waals surface area (Å²) in [6.07, 6.45) is 2.59. The molecule has 1 fully saturated rings. The van der Waals surface area contributed by atoms with Crippen molar-refractivity contribution in [3.63, 3.8) is 0 Å². The van der Waals surface area contributed by atoms with Gasteiger partial charge in [0.2, 0.25) is 0 Å². The van der Waals surface area contributed by atoms with Crippen molar-refractivity contribution in [3.8, 4) is 0 Å². The first-order valence-corrected chi connectivity index (χ1v) is 10.3. The lowest BCUT2D eigenvalue weighted by atomic mass is 9.99. The molecule has 2 aliphatic heterocycles. The second-order valence-electron chi connectivity index (χ2n) is 7.93. The van der Waals surface area contributed by atoms with Gasteiger partial charge in [-0.3, -0.25) is 19.3 Å². The molecule has 7 heteroatoms. The highest BCUT2D eigenvalue weighted by Crippen LogP contribution is 2.25. The Balaban J connectivity index is 1.67. The van der Waals surface area contributed by atoms with Crippen LogP contribution in [0.3, 0.4) is 0 Å². The van der Waals surface area contributed by atoms with E-state index < -0.39 is 12.1 Å². The van der Waals surface area contributed by atoms with Gasteiger partial charge in [0, 0.05) is 19.6 Å². The van der Waals surface area contributed by atoms with Crippen LogP contribution in [-0.2, 0) is 9.53 Å². The predicted octanol–water partition coefficient (Wildman–Crippen LogP) is 2.89. The molecule has 3 rings (SSSR count). The topological polar surface area (TPSA) is 84.0 Å². The Morgan fingerprint density at radius 3 is 2.45 bits per heavy atom. The maximum Gasteiger partial charge on any atom is 0.338 e. The van der Waals surface area contributed by atoms with Gasteiger partial charge in [-0.1, -0.05) is 20.3 Å². The Morgan fingerprint density at radius 1 is 1.14 bits per heavy atom. The number of carbonyl (C=O) groups excluding carboxylic acids is 4. The Kier molecular flexibility index (Phi) is 6.35. The first-order chi connectivity index (χ1) is 13.8. The summed E-state index contributed by atoms with van der Waals surface area (Å²) < 4.78 is 5.35. The summed E-state index contributed by atoms with van der Waals surface area (Å²) in [4.78, 5) is 53.0. The number of rotatable bonds is 6. The SMILES string of the molecule is CCCCN1C(=O)c2ccc(C(=O)O[C@@H](C)C(=O)N3CCC(C)CC3)cc2C1=O. The zero-order chi connectivity index (χ0) is 21.1. The minimum atomic E-state index is -0.900. The van der Waals surface area contributed by atoms with Gasteiger partial charge in [0.15, 0.2) is 6.10 Å². The standard InChI is InChI=1S/C22H28N2O5/c1-4-5-10-24-20(26)17-7-6-16(13-18(17)21(24)27)22(28)29-15(3)19(25)23-11-8-14(2)9-12-23/h6-7,13-15H,4-5,8-12H2,1-3H3/t15-/m0/s1. The first kappa shape index (κ1) is 21.0. The van der Waals surface area contributed by atoms with Crippen LogP contribution in [0.2, 0.25) is 0 Å². The highest BCUT2D eigenvalue weighted by atomic mass is 16.5. The number of hydrogen-bond donors (Lipinski definition) is 0. The van der Waals surface area contributed by atoms with Crippen molar-refractivity contribution in [2.45, 2.75) is 52.6 Å². The quantitative estimate of drug-likeness (QED) is 0.542. The fourth-order valence-corrected chi connectivity index (χ4v) is 3.70. The molecule has 1 saturated heterocycles. The predicted molar refractivity (Wildman–Crippen MR) is 107 cm³/mol. The number of nitrogens with zero attached hydrogens (tertiary/aromatic N) is 2. The van der Waals surface area contributed by atoms with Crippen LogP contribution < -0.4 is 0 Å². The second-order valence-corrected chi connectivity index (χ2v) is 7.93. The van der Waals surface area contributed by atoms with Crippen LogP contribution in [-0.4, -0.2) is 59.2 Å². The van der Waals surface area contributed by atoms with Crippen molar-refractivity contribution in [2.75, 3.05) is 19.6 Å². The van der Waals surface area contributed by atoms with Gasteiger partial charge in [0.1, 0.15) is 0 Å². The van der Waals surface area contributed by atoms with E-state index in [2.05, 4.69) is 6.92 Å². The van der Waals surface area contributed by atoms with E-state index in [0.717, 1.165) is 25.7 Å². The van der Waals surface area contributed by atoms with Crippen LogP contribution in [0.1, 0.15) is 77.5 Å². The first-order valence-electron chi connectivity index (χ1n) is 10.3. The van der Waals surface area contributed by atoms with Crippen molar-refractivity contribution in [1.29, 1.82) is 0 Å². The van der Waals surface area contributed by atoms with Crippen LogP contribution in [0, 0.1) is 5.92 Å². The Bertz CT molecular complexity index is 826. The van der Waals surface area contributed by atoms with Crippen molar-refractivity contribution in [1.82, 2.24) is 9.80 Å². The number of carbonyl (C=O) groups is 4. The molecular formula is C22H28N2O5. The molecule has 0 spiro atoms. The minimum absolute atomic E-state index is 0.161. The summed E-state index contributed by atoms with van der Waals surface area (Å²) in [6, 6.07) is 4.34. The summed E-state index contributed by atoms with van der Waals surface area (Å²) in [6.45, 7) is 7.42. The average molecular weight is 400 g/mol. The molecule has 0 radical (unpaired) electrons. The molecule has 29 heavy (non-hydrogen) atoms. The molecule has 2 aliphatic rings. The van der Waals surface area contributed by atoms with Gasteiger partial charge in [-0.05, 0) is 50.3 Å². The number of amides is 3. The van der Waals surface area contributed by atoms with Crippen molar-refractivity contribution >= 4 is 23.7 Å². The van der Waals surface area contributed by atoms with Gasteiger partial charge in [-0.25, -0.2) is 4.79 Å². The van der Waals surface area contributed by atoms with Crippen molar-refractivity contribution in [2.24, 2.45) is 5.92 Å². The molecule has 7 nitrogen and oxygen atoms in total. The molecule has 0 saturated carbocycles. The molecule has 0 N–H and O–H groups in total. The second kappa shape index (κ2) is 8.76. The summed E-state index contributed by atoms with van der Waals surface area (Å²) in [5.74, 6) is -1.00. The Hall–Kier alpha value is -2.70. The van der Waals surface area contributed by atoms with E-state index in [-0.39, 0.29) is 28.8 Å². The zero-order valence-corrected chi connectivity index (χ0v) is 17.3. The third-order valence-corrected chi connectivity index (χ3v) is 5.67. The Morgan fingerprint density at radius 2 is 1.79 bits per heavy atom. The fraction of sp³-hybridized carbons (Fsp3) is 0.545. The van der Waals surface area contributed by atoms with Crippen molar-refractivity contribution in [3.05, 3.63) is 34.9 Å². The molecule has 2 heterocycles. The van der Waals surface area contributed by atoms with Crippen LogP contribution >= 0.6 is 0 Å². The minimum Gasteiger partial charge on any atom is -0.449 e. The summed E-state index contributed by atoms with van der Waals surface area (Å²) in [7, 11) is 0. The molecule has 0 bridgehead atoms. The van der Waals surface area contributed by atoms with Gasteiger partial charge >= 0.3 is 5.97 Å². The van der Waals surface area contributed by atoms with E-state index >= 15 is 0 Å². The van der Waals surface area contributed by atoms with E-state index in [0.29, 0.717) is 31.1 Å². The van der Waals surface area contributed by atoms with Gasteiger partial charge in [-0.15, -0.1) is 0 Å².